The molecule has 0 radical (unpaired) electrons. The van der Waals surface area contributed by atoms with Gasteiger partial charge < -0.3 is 4.90 Å². The number of benzene rings is 1. The van der Waals surface area contributed by atoms with Crippen LogP contribution in [0, 0.1) is 11.3 Å². The molecule has 0 atom stereocenters. The van der Waals surface area contributed by atoms with Gasteiger partial charge in [-0.1, -0.05) is 47.5 Å². The lowest BCUT2D eigenvalue weighted by Crippen LogP contribution is -2.31. The Bertz CT molecular complexity index is 808. The van der Waals surface area contributed by atoms with Gasteiger partial charge in [-0.3, -0.25) is 0 Å². The Labute approximate surface area is 147 Å². The molecule has 1 saturated heterocycles. The third-order valence-corrected chi connectivity index (χ3v) is 4.32. The number of pyridine rings is 1. The average Bonchev–Trinajstić information content (AvgIpc) is 2.62. The van der Waals surface area contributed by atoms with Crippen LogP contribution in [0.3, 0.4) is 0 Å². The molecule has 3 nitrogen and oxygen atoms in total. The van der Waals surface area contributed by atoms with E-state index in [1.54, 1.807) is 12.3 Å². The third kappa shape index (κ3) is 4.04. The first-order valence-corrected chi connectivity index (χ1v) is 8.36. The third-order valence-electron chi connectivity index (χ3n) is 4.08. The number of rotatable bonds is 3. The lowest BCUT2D eigenvalue weighted by Gasteiger charge is -2.29. The van der Waals surface area contributed by atoms with Crippen LogP contribution in [0.15, 0.2) is 60.3 Å². The van der Waals surface area contributed by atoms with Gasteiger partial charge in [-0.15, -0.1) is 0 Å². The molecule has 0 amide bonds. The van der Waals surface area contributed by atoms with Crippen molar-refractivity contribution >= 4 is 23.5 Å². The summed E-state index contributed by atoms with van der Waals surface area (Å²) in [5.41, 5.74) is 3.16. The van der Waals surface area contributed by atoms with E-state index in [2.05, 4.69) is 34.2 Å². The Kier molecular flexibility index (Phi) is 5.30. The maximum absolute atomic E-state index is 9.20. The highest BCUT2D eigenvalue weighted by Gasteiger charge is 2.17. The van der Waals surface area contributed by atoms with Crippen LogP contribution < -0.4 is 4.90 Å². The number of allylic oxidation sites excluding steroid dienone is 2. The summed E-state index contributed by atoms with van der Waals surface area (Å²) in [4.78, 5) is 6.56. The fourth-order valence-corrected chi connectivity index (χ4v) is 3.01. The summed E-state index contributed by atoms with van der Waals surface area (Å²) < 4.78 is 0. The smallest absolute Gasteiger partial charge is 0.146 e. The molecule has 24 heavy (non-hydrogen) atoms. The molecule has 1 aliphatic heterocycles. The Balaban J connectivity index is 1.62. The van der Waals surface area contributed by atoms with Crippen LogP contribution in [-0.4, -0.2) is 18.1 Å². The molecule has 2 heterocycles. The second kappa shape index (κ2) is 7.81. The minimum atomic E-state index is 0.644. The molecule has 1 aromatic carbocycles. The van der Waals surface area contributed by atoms with Crippen molar-refractivity contribution in [2.45, 2.75) is 12.8 Å². The average molecular weight is 336 g/mol. The molecule has 4 heteroatoms. The molecule has 1 aromatic heterocycles. The summed E-state index contributed by atoms with van der Waals surface area (Å²) in [5, 5.41) is 9.95. The second-order valence-corrected chi connectivity index (χ2v) is 6.15. The number of piperidine rings is 1. The van der Waals surface area contributed by atoms with Gasteiger partial charge in [0.2, 0.25) is 0 Å². The minimum Gasteiger partial charge on any atom is -0.355 e. The number of hydrogen-bond acceptors (Lipinski definition) is 3. The molecule has 0 spiro atoms. The summed E-state index contributed by atoms with van der Waals surface area (Å²) >= 11 is 5.99. The number of nitrogens with zero attached hydrogens (tertiary/aromatic N) is 3. The number of nitriles is 1. The monoisotopic (exact) mass is 335 g/mol. The first-order valence-electron chi connectivity index (χ1n) is 7.98. The van der Waals surface area contributed by atoms with E-state index >= 15 is 0 Å². The van der Waals surface area contributed by atoms with Gasteiger partial charge in [-0.25, -0.2) is 4.98 Å². The van der Waals surface area contributed by atoms with E-state index < -0.39 is 0 Å². The largest absolute Gasteiger partial charge is 0.355 e. The number of aromatic nitrogens is 1. The first kappa shape index (κ1) is 16.3. The molecule has 3 rings (SSSR count). The van der Waals surface area contributed by atoms with Crippen molar-refractivity contribution in [2.75, 3.05) is 18.0 Å². The fraction of sp³-hybridized carbons (Fsp3) is 0.200. The molecule has 2 aromatic rings. The van der Waals surface area contributed by atoms with Crippen molar-refractivity contribution in [1.29, 1.82) is 5.26 Å². The summed E-state index contributed by atoms with van der Waals surface area (Å²) in [5.74, 6) is 0.800. The van der Waals surface area contributed by atoms with E-state index in [4.69, 9.17) is 11.6 Å². The summed E-state index contributed by atoms with van der Waals surface area (Å²) in [7, 11) is 0. The first-order chi connectivity index (χ1) is 11.8. The zero-order valence-electron chi connectivity index (χ0n) is 13.3. The maximum atomic E-state index is 9.20. The molecule has 1 aliphatic rings. The molecule has 0 N–H and O–H groups in total. The molecule has 1 fully saturated rings. The summed E-state index contributed by atoms with van der Waals surface area (Å²) in [6.45, 7) is 1.78. The second-order valence-electron chi connectivity index (χ2n) is 5.71. The van der Waals surface area contributed by atoms with Gasteiger partial charge in [-0.05, 0) is 42.7 Å². The highest BCUT2D eigenvalue weighted by molar-refractivity contribution is 6.30. The van der Waals surface area contributed by atoms with Crippen LogP contribution in [0.2, 0.25) is 5.02 Å². The number of halogens is 1. The van der Waals surface area contributed by atoms with Crippen LogP contribution in [0.4, 0.5) is 5.82 Å². The van der Waals surface area contributed by atoms with Gasteiger partial charge in [0.05, 0.1) is 5.56 Å². The Morgan fingerprint density at radius 3 is 2.75 bits per heavy atom. The minimum absolute atomic E-state index is 0.644. The van der Waals surface area contributed by atoms with Crippen molar-refractivity contribution in [3.63, 3.8) is 0 Å². The van der Waals surface area contributed by atoms with E-state index in [-0.39, 0.29) is 0 Å². The van der Waals surface area contributed by atoms with Gasteiger partial charge in [0.1, 0.15) is 11.9 Å². The molecule has 0 aliphatic carbocycles. The maximum Gasteiger partial charge on any atom is 0.146 e. The van der Waals surface area contributed by atoms with Gasteiger partial charge in [0.25, 0.3) is 0 Å². The molecule has 120 valence electrons. The summed E-state index contributed by atoms with van der Waals surface area (Å²) in [6, 6.07) is 13.7. The molecule has 0 unspecified atom stereocenters. The molecular formula is C20H18ClN3. The van der Waals surface area contributed by atoms with E-state index in [1.165, 1.54) is 5.57 Å². The lowest BCUT2D eigenvalue weighted by molar-refractivity contribution is 0.676. The number of anilines is 1. The van der Waals surface area contributed by atoms with Crippen molar-refractivity contribution < 1.29 is 0 Å². The van der Waals surface area contributed by atoms with E-state index in [9.17, 15) is 5.26 Å². The van der Waals surface area contributed by atoms with Gasteiger partial charge in [-0.2, -0.15) is 5.26 Å². The quantitative estimate of drug-likeness (QED) is 0.805. The molecule has 0 saturated carbocycles. The Morgan fingerprint density at radius 1 is 1.17 bits per heavy atom. The normalized spacial score (nSPS) is 14.7. The molecular weight excluding hydrogens is 318 g/mol. The molecule has 0 bridgehead atoms. The Morgan fingerprint density at radius 2 is 2.00 bits per heavy atom. The summed E-state index contributed by atoms with van der Waals surface area (Å²) in [6.07, 6.45) is 10.1. The van der Waals surface area contributed by atoms with E-state index in [0.29, 0.717) is 5.56 Å². The lowest BCUT2D eigenvalue weighted by atomic mass is 10.0. The van der Waals surface area contributed by atoms with Crippen LogP contribution in [-0.2, 0) is 0 Å². The van der Waals surface area contributed by atoms with Crippen LogP contribution in [0.1, 0.15) is 24.0 Å². The zero-order chi connectivity index (χ0) is 16.8. The number of hydrogen-bond donors (Lipinski definition) is 0. The van der Waals surface area contributed by atoms with Crippen molar-refractivity contribution in [2.24, 2.45) is 0 Å². The van der Waals surface area contributed by atoms with E-state index in [1.807, 2.05) is 30.3 Å². The van der Waals surface area contributed by atoms with Crippen LogP contribution in [0.25, 0.3) is 6.08 Å². The van der Waals surface area contributed by atoms with E-state index in [0.717, 1.165) is 42.3 Å². The van der Waals surface area contributed by atoms with Crippen molar-refractivity contribution in [3.05, 3.63) is 76.5 Å². The SMILES string of the molecule is N#Cc1cccnc1N1CCC(=CC=Cc2cccc(Cl)c2)CC1. The fourth-order valence-electron chi connectivity index (χ4n) is 2.81. The predicted octanol–water partition coefficient (Wildman–Crippen LogP) is 4.85. The Hall–Kier alpha value is -2.57. The highest BCUT2D eigenvalue weighted by Crippen LogP contribution is 2.23. The zero-order valence-corrected chi connectivity index (χ0v) is 14.1. The predicted molar refractivity (Wildman–Crippen MR) is 99.0 cm³/mol. The van der Waals surface area contributed by atoms with Crippen molar-refractivity contribution in [1.82, 2.24) is 4.98 Å². The van der Waals surface area contributed by atoms with Gasteiger partial charge >= 0.3 is 0 Å². The van der Waals surface area contributed by atoms with Crippen molar-refractivity contribution in [3.8, 4) is 6.07 Å². The standard InChI is InChI=1S/C20H18ClN3/c21-19-8-2-6-17(14-19)5-1-4-16-9-12-24(13-10-16)20-18(15-22)7-3-11-23-20/h1-8,11,14H,9-10,12-13H2. The van der Waals surface area contributed by atoms with Crippen LogP contribution in [0.5, 0.6) is 0 Å². The van der Waals surface area contributed by atoms with Gasteiger partial charge in [0.15, 0.2) is 0 Å². The topological polar surface area (TPSA) is 39.9 Å². The van der Waals surface area contributed by atoms with Gasteiger partial charge in [0, 0.05) is 24.3 Å². The highest BCUT2D eigenvalue weighted by atomic mass is 35.5. The van der Waals surface area contributed by atoms with Crippen LogP contribution >= 0.6 is 11.6 Å².